The van der Waals surface area contributed by atoms with Gasteiger partial charge in [0.2, 0.25) is 15.9 Å². The summed E-state index contributed by atoms with van der Waals surface area (Å²) in [6.45, 7) is 4.04. The number of hydrogen-bond acceptors (Lipinski definition) is 6. The molecule has 0 saturated heterocycles. The first-order valence-electron chi connectivity index (χ1n) is 11.6. The van der Waals surface area contributed by atoms with E-state index < -0.39 is 10.0 Å². The van der Waals surface area contributed by atoms with Crippen molar-refractivity contribution in [2.24, 2.45) is 0 Å². The van der Waals surface area contributed by atoms with Crippen LogP contribution in [0.2, 0.25) is 0 Å². The van der Waals surface area contributed by atoms with Crippen molar-refractivity contribution >= 4 is 44.9 Å². The first kappa shape index (κ1) is 28.4. The third-order valence-corrected chi connectivity index (χ3v) is 6.95. The molecule has 1 amide bonds. The third-order valence-electron chi connectivity index (χ3n) is 5.14. The fraction of sp³-hybridized carbons (Fsp3) is 0.400. The lowest BCUT2D eigenvalue weighted by Crippen LogP contribution is -2.34. The number of amides is 1. The minimum atomic E-state index is -3.59. The third kappa shape index (κ3) is 11.0. The van der Waals surface area contributed by atoms with Crippen molar-refractivity contribution < 1.29 is 22.7 Å². The maximum atomic E-state index is 12.3. The Labute approximate surface area is 212 Å². The largest absolute Gasteiger partial charge is 0.466 e. The van der Waals surface area contributed by atoms with Crippen molar-refractivity contribution in [1.82, 2.24) is 10.0 Å². The summed E-state index contributed by atoms with van der Waals surface area (Å²) in [4.78, 5) is 24.1. The molecule has 2 aromatic carbocycles. The molecule has 2 aromatic rings. The van der Waals surface area contributed by atoms with Crippen molar-refractivity contribution in [2.75, 3.05) is 11.9 Å². The number of benzene rings is 2. The summed E-state index contributed by atoms with van der Waals surface area (Å²) in [5.41, 5.74) is 1.74. The van der Waals surface area contributed by atoms with Crippen molar-refractivity contribution in [2.45, 2.75) is 63.3 Å². The van der Waals surface area contributed by atoms with Crippen LogP contribution in [-0.4, -0.2) is 38.1 Å². The zero-order valence-corrected chi connectivity index (χ0v) is 21.7. The van der Waals surface area contributed by atoms with Crippen LogP contribution in [0.25, 0.3) is 0 Å². The van der Waals surface area contributed by atoms with E-state index in [-0.39, 0.29) is 40.8 Å². The highest BCUT2D eigenvalue weighted by Gasteiger charge is 2.16. The highest BCUT2D eigenvalue weighted by atomic mass is 32.2. The van der Waals surface area contributed by atoms with Crippen LogP contribution < -0.4 is 15.4 Å². The summed E-state index contributed by atoms with van der Waals surface area (Å²) in [6.07, 6.45) is 2.90. The van der Waals surface area contributed by atoms with E-state index in [1.807, 2.05) is 37.3 Å². The van der Waals surface area contributed by atoms with Crippen LogP contribution in [0.5, 0.6) is 0 Å². The molecule has 0 saturated carbocycles. The number of ether oxygens (including phenoxy) is 1. The van der Waals surface area contributed by atoms with Crippen molar-refractivity contribution in [3.8, 4) is 0 Å². The van der Waals surface area contributed by atoms with E-state index >= 15 is 0 Å². The second-order valence-corrected chi connectivity index (χ2v) is 10.2. The number of rotatable bonds is 13. The Morgan fingerprint density at radius 3 is 2.34 bits per heavy atom. The van der Waals surface area contributed by atoms with Crippen LogP contribution in [0.1, 0.15) is 51.5 Å². The van der Waals surface area contributed by atoms with E-state index in [9.17, 15) is 18.0 Å². The van der Waals surface area contributed by atoms with E-state index in [1.165, 1.54) is 17.7 Å². The normalized spacial score (nSPS) is 11.9. The Morgan fingerprint density at radius 1 is 1.00 bits per heavy atom. The number of anilines is 1. The first-order chi connectivity index (χ1) is 16.7. The van der Waals surface area contributed by atoms with Crippen LogP contribution in [-0.2, 0) is 30.8 Å². The number of aryl methyl sites for hydroxylation is 1. The van der Waals surface area contributed by atoms with Gasteiger partial charge in [0.25, 0.3) is 0 Å². The van der Waals surface area contributed by atoms with Crippen molar-refractivity contribution in [3.63, 3.8) is 0 Å². The lowest BCUT2D eigenvalue weighted by molar-refractivity contribution is -0.143. The lowest BCUT2D eigenvalue weighted by atomic mass is 10.1. The van der Waals surface area contributed by atoms with Gasteiger partial charge >= 0.3 is 5.97 Å². The minimum absolute atomic E-state index is 0.0897. The molecular formula is C25H33N3O5S2. The predicted molar refractivity (Wildman–Crippen MR) is 140 cm³/mol. The summed E-state index contributed by atoms with van der Waals surface area (Å²) < 4.78 is 32.4. The molecule has 0 aliphatic rings. The first-order valence-corrected chi connectivity index (χ1v) is 13.5. The number of carbonyl (C=O) groups excluding carboxylic acids is 2. The molecule has 0 spiro atoms. The molecule has 0 bridgehead atoms. The molecule has 0 aliphatic heterocycles. The molecule has 8 nitrogen and oxygen atoms in total. The summed E-state index contributed by atoms with van der Waals surface area (Å²) in [5.74, 6) is -0.652. The average molecular weight is 520 g/mol. The monoisotopic (exact) mass is 519 g/mol. The van der Waals surface area contributed by atoms with Gasteiger partial charge in [-0.25, -0.2) is 13.1 Å². The Bertz CT molecular complexity index is 1070. The number of thiocarbonyl (C=S) groups is 1. The van der Waals surface area contributed by atoms with Crippen LogP contribution in [0.3, 0.4) is 0 Å². The molecule has 0 aliphatic carbocycles. The lowest BCUT2D eigenvalue weighted by Gasteiger charge is -2.13. The van der Waals surface area contributed by atoms with E-state index in [2.05, 4.69) is 15.4 Å². The number of hydrogen-bond donors (Lipinski definition) is 3. The van der Waals surface area contributed by atoms with Crippen LogP contribution in [0.4, 0.5) is 5.69 Å². The fourth-order valence-corrected chi connectivity index (χ4v) is 4.62. The van der Waals surface area contributed by atoms with Gasteiger partial charge in [-0.1, -0.05) is 37.3 Å². The predicted octanol–water partition coefficient (Wildman–Crippen LogP) is 3.92. The second kappa shape index (κ2) is 14.6. The molecule has 35 heavy (non-hydrogen) atoms. The second-order valence-electron chi connectivity index (χ2n) is 8.12. The number of esters is 1. The molecule has 0 heterocycles. The maximum absolute atomic E-state index is 12.3. The van der Waals surface area contributed by atoms with E-state index in [0.717, 1.165) is 12.8 Å². The molecule has 190 valence electrons. The highest BCUT2D eigenvalue weighted by molar-refractivity contribution is 7.89. The molecule has 3 N–H and O–H groups in total. The summed E-state index contributed by atoms with van der Waals surface area (Å²) in [6, 6.07) is 15.9. The molecule has 1 unspecified atom stereocenters. The quantitative estimate of drug-likeness (QED) is 0.209. The Morgan fingerprint density at radius 2 is 1.69 bits per heavy atom. The summed E-state index contributed by atoms with van der Waals surface area (Å²) in [5, 5.41) is 5.48. The molecule has 2 rings (SSSR count). The zero-order chi connectivity index (χ0) is 25.7. The van der Waals surface area contributed by atoms with Crippen LogP contribution >= 0.6 is 12.2 Å². The van der Waals surface area contributed by atoms with Gasteiger partial charge in [0.05, 0.1) is 11.5 Å². The average Bonchev–Trinajstić information content (AvgIpc) is 2.82. The highest BCUT2D eigenvalue weighted by Crippen LogP contribution is 2.15. The SMILES string of the molecule is CCC(C)NS(=O)(=O)c1ccc(NC(=S)NC(=O)CCCC(=O)OCCCc2ccccc2)cc1. The van der Waals surface area contributed by atoms with Crippen molar-refractivity contribution in [1.29, 1.82) is 0 Å². The van der Waals surface area contributed by atoms with Gasteiger partial charge in [-0.15, -0.1) is 0 Å². The molecular weight excluding hydrogens is 486 g/mol. The Kier molecular flexibility index (Phi) is 11.8. The number of sulfonamides is 1. The maximum Gasteiger partial charge on any atom is 0.305 e. The molecule has 0 fully saturated rings. The van der Waals surface area contributed by atoms with E-state index in [0.29, 0.717) is 25.1 Å². The standard InChI is InChI=1S/C25H33N3O5S2/c1-3-19(2)28-35(31,32)22-16-14-21(15-17-22)26-25(34)27-23(29)12-7-13-24(30)33-18-8-11-20-9-5-4-6-10-20/h4-6,9-10,14-17,19,28H,3,7-8,11-13,18H2,1-2H3,(H2,26,27,29,34). The van der Waals surface area contributed by atoms with E-state index in [1.54, 1.807) is 19.1 Å². The Balaban J connectivity index is 1.64. The van der Waals surface area contributed by atoms with Crippen LogP contribution in [0.15, 0.2) is 59.5 Å². The summed E-state index contributed by atoms with van der Waals surface area (Å²) >= 11 is 5.14. The molecule has 1 atom stereocenters. The van der Waals surface area contributed by atoms with Gasteiger partial charge in [0, 0.05) is 24.6 Å². The zero-order valence-electron chi connectivity index (χ0n) is 20.1. The van der Waals surface area contributed by atoms with Gasteiger partial charge in [-0.3, -0.25) is 9.59 Å². The minimum Gasteiger partial charge on any atom is -0.466 e. The Hall–Kier alpha value is -2.82. The van der Waals surface area contributed by atoms with Gasteiger partial charge in [-0.2, -0.15) is 0 Å². The van der Waals surface area contributed by atoms with Gasteiger partial charge < -0.3 is 15.4 Å². The van der Waals surface area contributed by atoms with E-state index in [4.69, 9.17) is 17.0 Å². The van der Waals surface area contributed by atoms with Crippen molar-refractivity contribution in [3.05, 3.63) is 60.2 Å². The van der Waals surface area contributed by atoms with Crippen LogP contribution in [0, 0.1) is 0 Å². The number of nitrogens with one attached hydrogen (secondary N) is 3. The summed E-state index contributed by atoms with van der Waals surface area (Å²) in [7, 11) is -3.59. The van der Waals surface area contributed by atoms with Gasteiger partial charge in [0.1, 0.15) is 0 Å². The van der Waals surface area contributed by atoms with Gasteiger partial charge in [0.15, 0.2) is 5.11 Å². The topological polar surface area (TPSA) is 114 Å². The fourth-order valence-electron chi connectivity index (χ4n) is 3.06. The molecule has 0 aromatic heterocycles. The number of carbonyl (C=O) groups is 2. The smallest absolute Gasteiger partial charge is 0.305 e. The van der Waals surface area contributed by atoms with Gasteiger partial charge in [-0.05, 0) is 74.7 Å². The molecule has 0 radical (unpaired) electrons. The molecule has 10 heteroatoms.